The quantitative estimate of drug-likeness (QED) is 0.316. The highest BCUT2D eigenvalue weighted by Gasteiger charge is 2.13. The zero-order chi connectivity index (χ0) is 22.2. The number of rotatable bonds is 3. The molecular weight excluding hydrogens is 404 g/mol. The number of pyridine rings is 2. The van der Waals surface area contributed by atoms with Crippen LogP contribution in [0.1, 0.15) is 5.69 Å². The van der Waals surface area contributed by atoms with Gasteiger partial charge in [-0.25, -0.2) is 9.97 Å². The maximum Gasteiger partial charge on any atom is 0.148 e. The van der Waals surface area contributed by atoms with Crippen LogP contribution in [0.5, 0.6) is 0 Å². The van der Waals surface area contributed by atoms with Crippen molar-refractivity contribution in [2.45, 2.75) is 0 Å². The molecule has 6 aromatic rings. The summed E-state index contributed by atoms with van der Waals surface area (Å²) in [4.78, 5) is 8.91. The van der Waals surface area contributed by atoms with E-state index >= 15 is 0 Å². The largest absolute Gasteiger partial charge is 0.294 e. The summed E-state index contributed by atoms with van der Waals surface area (Å²) in [5.41, 5.74) is 7.55. The number of nitrogens with zero attached hydrogens (tertiary/aromatic N) is 4. The lowest BCUT2D eigenvalue weighted by molar-refractivity contribution is 1.14. The molecule has 0 saturated carbocycles. The highest BCUT2D eigenvalue weighted by molar-refractivity contribution is 6.07. The highest BCUT2D eigenvalue weighted by atomic mass is 15.0. The first-order valence-corrected chi connectivity index (χ1v) is 10.7. The second kappa shape index (κ2) is 7.74. The van der Waals surface area contributed by atoms with Gasteiger partial charge >= 0.3 is 0 Å². The molecule has 0 saturated heterocycles. The first kappa shape index (κ1) is 19.0. The Kier molecular flexibility index (Phi) is 4.45. The molecule has 3 aromatic heterocycles. The van der Waals surface area contributed by atoms with Gasteiger partial charge in [0.05, 0.1) is 5.52 Å². The van der Waals surface area contributed by atoms with Gasteiger partial charge < -0.3 is 0 Å². The van der Waals surface area contributed by atoms with E-state index in [4.69, 9.17) is 4.98 Å². The third-order valence-electron chi connectivity index (χ3n) is 5.96. The summed E-state index contributed by atoms with van der Waals surface area (Å²) in [7, 11) is 0. The second-order valence-corrected chi connectivity index (χ2v) is 7.87. The van der Waals surface area contributed by atoms with Crippen molar-refractivity contribution in [2.75, 3.05) is 0 Å². The Morgan fingerprint density at radius 3 is 2.27 bits per heavy atom. The van der Waals surface area contributed by atoms with E-state index in [0.717, 1.165) is 44.5 Å². The molecule has 3 heterocycles. The molecule has 4 nitrogen and oxygen atoms in total. The van der Waals surface area contributed by atoms with E-state index in [1.54, 1.807) is 6.20 Å². The number of fused-ring (bicyclic) bond motifs is 3. The van der Waals surface area contributed by atoms with Gasteiger partial charge in [0.25, 0.3) is 0 Å². The summed E-state index contributed by atoms with van der Waals surface area (Å²) in [6, 6.07) is 35.2. The van der Waals surface area contributed by atoms with E-state index in [1.165, 1.54) is 5.39 Å². The fourth-order valence-electron chi connectivity index (χ4n) is 4.48. The summed E-state index contributed by atoms with van der Waals surface area (Å²) in [6.45, 7) is 0. The van der Waals surface area contributed by atoms with Gasteiger partial charge in [0, 0.05) is 34.4 Å². The van der Waals surface area contributed by atoms with E-state index in [-0.39, 0.29) is 0 Å². The van der Waals surface area contributed by atoms with Gasteiger partial charge in [-0.05, 0) is 65.2 Å². The smallest absolute Gasteiger partial charge is 0.148 e. The number of aromatic nitrogens is 3. The number of hydrogen-bond donors (Lipinski definition) is 0. The van der Waals surface area contributed by atoms with E-state index in [2.05, 4.69) is 82.4 Å². The molecule has 0 bridgehead atoms. The Hall–Kier alpha value is -4.75. The first-order valence-electron chi connectivity index (χ1n) is 10.7. The predicted octanol–water partition coefficient (Wildman–Crippen LogP) is 6.78. The third kappa shape index (κ3) is 3.15. The predicted molar refractivity (Wildman–Crippen MR) is 132 cm³/mol. The fourth-order valence-corrected chi connectivity index (χ4v) is 4.48. The van der Waals surface area contributed by atoms with Crippen molar-refractivity contribution in [3.05, 3.63) is 115 Å². The van der Waals surface area contributed by atoms with Gasteiger partial charge in [0.15, 0.2) is 0 Å². The van der Waals surface area contributed by atoms with Crippen LogP contribution in [0.3, 0.4) is 0 Å². The Morgan fingerprint density at radius 1 is 0.636 bits per heavy atom. The average Bonchev–Trinajstić information content (AvgIpc) is 3.23. The molecule has 0 aliphatic heterocycles. The Labute approximate surface area is 191 Å². The minimum atomic E-state index is 0.430. The van der Waals surface area contributed by atoms with Crippen LogP contribution in [0.25, 0.3) is 49.9 Å². The molecule has 0 radical (unpaired) electrons. The zero-order valence-corrected chi connectivity index (χ0v) is 17.7. The van der Waals surface area contributed by atoms with Crippen LogP contribution >= 0.6 is 0 Å². The van der Waals surface area contributed by atoms with Crippen molar-refractivity contribution in [1.29, 1.82) is 5.26 Å². The number of hydrogen-bond acceptors (Lipinski definition) is 3. The number of benzene rings is 3. The second-order valence-electron chi connectivity index (χ2n) is 7.87. The summed E-state index contributed by atoms with van der Waals surface area (Å²) in [5.74, 6) is 0. The van der Waals surface area contributed by atoms with E-state index < -0.39 is 0 Å². The Bertz CT molecular complexity index is 1630. The minimum absolute atomic E-state index is 0.430. The van der Waals surface area contributed by atoms with Gasteiger partial charge in [-0.3, -0.25) is 4.57 Å². The van der Waals surface area contributed by atoms with Crippen molar-refractivity contribution < 1.29 is 0 Å². The van der Waals surface area contributed by atoms with Crippen LogP contribution in [0.15, 0.2) is 109 Å². The topological polar surface area (TPSA) is 54.5 Å². The zero-order valence-electron chi connectivity index (χ0n) is 17.7. The minimum Gasteiger partial charge on any atom is -0.294 e. The van der Waals surface area contributed by atoms with Gasteiger partial charge in [-0.15, -0.1) is 0 Å². The molecule has 3 aromatic carbocycles. The van der Waals surface area contributed by atoms with E-state index in [0.29, 0.717) is 5.69 Å². The molecule has 0 atom stereocenters. The standard InChI is InChI=1S/C29H18N4/c30-19-27-24(12-5-15-31-27)22-9-3-7-20(17-22)21-8-4-10-23(18-21)33-28-14-2-1-11-25(28)26-13-6-16-32-29(26)33/h1-18H. The molecule has 6 rings (SSSR count). The van der Waals surface area contributed by atoms with Crippen molar-refractivity contribution >= 4 is 21.9 Å². The van der Waals surface area contributed by atoms with Crippen LogP contribution in [-0.2, 0) is 0 Å². The van der Waals surface area contributed by atoms with Crippen LogP contribution < -0.4 is 0 Å². The van der Waals surface area contributed by atoms with Crippen LogP contribution in [-0.4, -0.2) is 14.5 Å². The molecule has 154 valence electrons. The molecule has 0 fully saturated rings. The molecule has 0 N–H and O–H groups in total. The van der Waals surface area contributed by atoms with Gasteiger partial charge in [0.2, 0.25) is 0 Å². The molecule has 0 aliphatic carbocycles. The maximum absolute atomic E-state index is 9.46. The van der Waals surface area contributed by atoms with Crippen molar-refractivity contribution in [1.82, 2.24) is 14.5 Å². The molecule has 33 heavy (non-hydrogen) atoms. The first-order chi connectivity index (χ1) is 16.3. The molecule has 0 aliphatic rings. The SMILES string of the molecule is N#Cc1ncccc1-c1cccc(-c2cccc(-n3c4ccccc4c4cccnc43)c2)c1. The third-order valence-corrected chi connectivity index (χ3v) is 5.96. The average molecular weight is 422 g/mol. The normalized spacial score (nSPS) is 11.0. The number of nitriles is 1. The summed E-state index contributed by atoms with van der Waals surface area (Å²) in [5, 5.41) is 11.8. The Balaban J connectivity index is 1.52. The van der Waals surface area contributed by atoms with Gasteiger partial charge in [0.1, 0.15) is 17.4 Å². The van der Waals surface area contributed by atoms with Crippen molar-refractivity contribution in [3.8, 4) is 34.0 Å². The van der Waals surface area contributed by atoms with Crippen LogP contribution in [0.2, 0.25) is 0 Å². The lowest BCUT2D eigenvalue weighted by Gasteiger charge is -2.11. The monoisotopic (exact) mass is 422 g/mol. The summed E-state index contributed by atoms with van der Waals surface area (Å²) < 4.78 is 2.22. The maximum atomic E-state index is 9.46. The van der Waals surface area contributed by atoms with Gasteiger partial charge in [-0.1, -0.05) is 48.5 Å². The lowest BCUT2D eigenvalue weighted by atomic mass is 9.98. The molecule has 4 heteroatoms. The molecule has 0 unspecified atom stereocenters. The van der Waals surface area contributed by atoms with E-state index in [9.17, 15) is 5.26 Å². The molecular formula is C29H18N4. The summed E-state index contributed by atoms with van der Waals surface area (Å²) >= 11 is 0. The van der Waals surface area contributed by atoms with Crippen molar-refractivity contribution in [3.63, 3.8) is 0 Å². The summed E-state index contributed by atoms with van der Waals surface area (Å²) in [6.07, 6.45) is 3.49. The van der Waals surface area contributed by atoms with E-state index in [1.807, 2.05) is 36.5 Å². The Morgan fingerprint density at radius 2 is 1.36 bits per heavy atom. The fraction of sp³-hybridized carbons (Fsp3) is 0. The van der Waals surface area contributed by atoms with Crippen molar-refractivity contribution in [2.24, 2.45) is 0 Å². The van der Waals surface area contributed by atoms with Gasteiger partial charge in [-0.2, -0.15) is 5.26 Å². The van der Waals surface area contributed by atoms with Crippen LogP contribution in [0, 0.1) is 11.3 Å². The lowest BCUT2D eigenvalue weighted by Crippen LogP contribution is -1.95. The molecule has 0 spiro atoms. The highest BCUT2D eigenvalue weighted by Crippen LogP contribution is 2.33. The number of para-hydroxylation sites is 1. The molecule has 0 amide bonds. The van der Waals surface area contributed by atoms with Crippen LogP contribution in [0.4, 0.5) is 0 Å².